The van der Waals surface area contributed by atoms with Crippen molar-refractivity contribution in [2.24, 2.45) is 0 Å². The predicted molar refractivity (Wildman–Crippen MR) is 70.9 cm³/mol. The topological polar surface area (TPSA) is 79.5 Å². The van der Waals surface area contributed by atoms with Gasteiger partial charge in [0.15, 0.2) is 0 Å². The number of carbonyl (C=O) groups excluding carboxylic acids is 1. The Morgan fingerprint density at radius 2 is 2.26 bits per heavy atom. The van der Waals surface area contributed by atoms with Gasteiger partial charge in [-0.2, -0.15) is 0 Å². The Balaban J connectivity index is 2.03. The molecule has 2 aromatic rings. The van der Waals surface area contributed by atoms with Crippen LogP contribution in [0.15, 0.2) is 40.3 Å². The summed E-state index contributed by atoms with van der Waals surface area (Å²) in [5.41, 5.74) is 0.587. The van der Waals surface area contributed by atoms with Crippen LogP contribution in [-0.4, -0.2) is 17.0 Å². The van der Waals surface area contributed by atoms with E-state index in [2.05, 4.69) is 5.32 Å². The molecule has 0 saturated heterocycles. The number of furan rings is 1. The molecule has 0 aliphatic carbocycles. The van der Waals surface area contributed by atoms with Crippen LogP contribution in [0.25, 0.3) is 6.08 Å². The Labute approximate surface area is 113 Å². The number of amides is 1. The number of carboxylic acid groups (broad SMARTS) is 1. The van der Waals surface area contributed by atoms with E-state index >= 15 is 0 Å². The van der Waals surface area contributed by atoms with E-state index in [1.165, 1.54) is 23.7 Å². The van der Waals surface area contributed by atoms with Gasteiger partial charge in [-0.05, 0) is 35.2 Å². The molecule has 6 heteroatoms. The van der Waals surface area contributed by atoms with Crippen LogP contribution in [0.3, 0.4) is 0 Å². The van der Waals surface area contributed by atoms with E-state index < -0.39 is 5.97 Å². The molecule has 0 aliphatic heterocycles. The second kappa shape index (κ2) is 6.01. The molecule has 19 heavy (non-hydrogen) atoms. The molecule has 1 amide bonds. The molecule has 0 saturated carbocycles. The van der Waals surface area contributed by atoms with Crippen molar-refractivity contribution in [1.29, 1.82) is 0 Å². The second-order valence-corrected chi connectivity index (χ2v) is 4.55. The molecular weight excluding hydrogens is 266 g/mol. The van der Waals surface area contributed by atoms with Crippen molar-refractivity contribution in [2.45, 2.75) is 6.54 Å². The third-order valence-corrected chi connectivity index (χ3v) is 3.24. The van der Waals surface area contributed by atoms with Crippen LogP contribution >= 0.6 is 11.3 Å². The van der Waals surface area contributed by atoms with Gasteiger partial charge < -0.3 is 14.8 Å². The highest BCUT2D eigenvalue weighted by Gasteiger charge is 2.11. The van der Waals surface area contributed by atoms with Gasteiger partial charge in [0, 0.05) is 6.08 Å². The molecule has 0 spiro atoms. The Bertz CT molecular complexity index is 598. The summed E-state index contributed by atoms with van der Waals surface area (Å²) in [7, 11) is 0. The second-order valence-electron chi connectivity index (χ2n) is 3.64. The van der Waals surface area contributed by atoms with Gasteiger partial charge in [-0.1, -0.05) is 0 Å². The average Bonchev–Trinajstić information content (AvgIpc) is 3.04. The van der Waals surface area contributed by atoms with E-state index in [1.54, 1.807) is 23.6 Å². The number of nitrogens with one attached hydrogen (secondary N) is 1. The number of hydrogen-bond acceptors (Lipinski definition) is 4. The minimum absolute atomic E-state index is 0.253. The fraction of sp³-hybridized carbons (Fsp3) is 0.0769. The molecule has 0 bridgehead atoms. The van der Waals surface area contributed by atoms with Gasteiger partial charge in [-0.25, -0.2) is 4.79 Å². The van der Waals surface area contributed by atoms with Gasteiger partial charge in [0.1, 0.15) is 5.76 Å². The maximum Gasteiger partial charge on any atom is 0.328 e. The summed E-state index contributed by atoms with van der Waals surface area (Å²) in [5, 5.41) is 13.0. The Morgan fingerprint density at radius 1 is 1.42 bits per heavy atom. The SMILES string of the molecule is O=C(O)C=Cc1ccsc1C(=O)NCc1ccco1. The highest BCUT2D eigenvalue weighted by Crippen LogP contribution is 2.18. The lowest BCUT2D eigenvalue weighted by molar-refractivity contribution is -0.131. The Kier molecular flexibility index (Phi) is 4.15. The van der Waals surface area contributed by atoms with E-state index in [1.807, 2.05) is 0 Å². The van der Waals surface area contributed by atoms with Gasteiger partial charge in [0.2, 0.25) is 0 Å². The van der Waals surface area contributed by atoms with Crippen molar-refractivity contribution < 1.29 is 19.1 Å². The van der Waals surface area contributed by atoms with Gasteiger partial charge in [-0.3, -0.25) is 4.79 Å². The first kappa shape index (κ1) is 13.1. The third-order valence-electron chi connectivity index (χ3n) is 2.31. The molecule has 2 aromatic heterocycles. The van der Waals surface area contributed by atoms with Crippen LogP contribution in [0.4, 0.5) is 0 Å². The van der Waals surface area contributed by atoms with Crippen molar-refractivity contribution in [3.05, 3.63) is 52.1 Å². The van der Waals surface area contributed by atoms with Crippen LogP contribution in [0, 0.1) is 0 Å². The van der Waals surface area contributed by atoms with Crippen molar-refractivity contribution in [3.63, 3.8) is 0 Å². The zero-order valence-corrected chi connectivity index (χ0v) is 10.6. The van der Waals surface area contributed by atoms with Gasteiger partial charge in [0.25, 0.3) is 5.91 Å². The highest BCUT2D eigenvalue weighted by atomic mass is 32.1. The van der Waals surface area contributed by atoms with Crippen molar-refractivity contribution in [2.75, 3.05) is 0 Å². The molecule has 0 radical (unpaired) electrons. The fourth-order valence-electron chi connectivity index (χ4n) is 1.46. The molecule has 2 N–H and O–H groups in total. The summed E-state index contributed by atoms with van der Waals surface area (Å²) in [6.07, 6.45) is 3.94. The maximum atomic E-state index is 11.9. The number of rotatable bonds is 5. The zero-order chi connectivity index (χ0) is 13.7. The number of carbonyl (C=O) groups is 2. The smallest absolute Gasteiger partial charge is 0.328 e. The summed E-state index contributed by atoms with van der Waals surface area (Å²) in [6.45, 7) is 0.297. The maximum absolute atomic E-state index is 11.9. The Hall–Kier alpha value is -2.34. The lowest BCUT2D eigenvalue weighted by atomic mass is 10.2. The predicted octanol–water partition coefficient (Wildman–Crippen LogP) is 2.37. The number of carboxylic acids is 1. The molecule has 0 aliphatic rings. The first-order chi connectivity index (χ1) is 9.16. The van der Waals surface area contributed by atoms with Crippen LogP contribution < -0.4 is 5.32 Å². The summed E-state index contributed by atoms with van der Waals surface area (Å²) in [5.74, 6) is -0.642. The quantitative estimate of drug-likeness (QED) is 0.822. The normalized spacial score (nSPS) is 10.7. The Morgan fingerprint density at radius 3 is 2.95 bits per heavy atom. The van der Waals surface area contributed by atoms with Crippen molar-refractivity contribution >= 4 is 29.3 Å². The third kappa shape index (κ3) is 3.56. The molecule has 5 nitrogen and oxygen atoms in total. The van der Waals surface area contributed by atoms with Gasteiger partial charge >= 0.3 is 5.97 Å². The average molecular weight is 277 g/mol. The van der Waals surface area contributed by atoms with Crippen LogP contribution in [0.1, 0.15) is 21.0 Å². The van der Waals surface area contributed by atoms with Crippen LogP contribution in [0.5, 0.6) is 0 Å². The van der Waals surface area contributed by atoms with E-state index in [0.29, 0.717) is 22.7 Å². The molecule has 0 unspecified atom stereocenters. The molecule has 2 rings (SSSR count). The summed E-state index contributed by atoms with van der Waals surface area (Å²) in [6, 6.07) is 5.21. The van der Waals surface area contributed by atoms with E-state index in [0.717, 1.165) is 6.08 Å². The first-order valence-electron chi connectivity index (χ1n) is 5.46. The highest BCUT2D eigenvalue weighted by molar-refractivity contribution is 7.12. The lowest BCUT2D eigenvalue weighted by Gasteiger charge is -2.02. The summed E-state index contributed by atoms with van der Waals surface area (Å²) >= 11 is 1.26. The van der Waals surface area contributed by atoms with Crippen LogP contribution in [-0.2, 0) is 11.3 Å². The lowest BCUT2D eigenvalue weighted by Crippen LogP contribution is -2.22. The van der Waals surface area contributed by atoms with Gasteiger partial charge in [-0.15, -0.1) is 11.3 Å². The fourth-order valence-corrected chi connectivity index (χ4v) is 2.26. The summed E-state index contributed by atoms with van der Waals surface area (Å²) < 4.78 is 5.11. The van der Waals surface area contributed by atoms with E-state index in [-0.39, 0.29) is 5.91 Å². The van der Waals surface area contributed by atoms with E-state index in [9.17, 15) is 9.59 Å². The largest absolute Gasteiger partial charge is 0.478 e. The molecular formula is C13H11NO4S. The molecule has 0 atom stereocenters. The molecule has 98 valence electrons. The van der Waals surface area contributed by atoms with Gasteiger partial charge in [0.05, 0.1) is 17.7 Å². The number of aliphatic carboxylic acids is 1. The number of hydrogen-bond donors (Lipinski definition) is 2. The minimum atomic E-state index is -1.05. The van der Waals surface area contributed by atoms with E-state index in [4.69, 9.17) is 9.52 Å². The van der Waals surface area contributed by atoms with Crippen LogP contribution in [0.2, 0.25) is 0 Å². The zero-order valence-electron chi connectivity index (χ0n) is 9.83. The molecule has 0 fully saturated rings. The van der Waals surface area contributed by atoms with Crippen molar-refractivity contribution in [1.82, 2.24) is 5.32 Å². The molecule has 2 heterocycles. The number of thiophene rings is 1. The minimum Gasteiger partial charge on any atom is -0.478 e. The standard InChI is InChI=1S/C13H11NO4S/c15-11(16)4-3-9-5-7-19-12(9)13(17)14-8-10-2-1-6-18-10/h1-7H,8H2,(H,14,17)(H,15,16). The monoisotopic (exact) mass is 277 g/mol. The van der Waals surface area contributed by atoms with Crippen molar-refractivity contribution in [3.8, 4) is 0 Å². The molecule has 0 aromatic carbocycles. The first-order valence-corrected chi connectivity index (χ1v) is 6.34. The summed E-state index contributed by atoms with van der Waals surface area (Å²) in [4.78, 5) is 22.9.